The second kappa shape index (κ2) is 6.08. The highest BCUT2D eigenvalue weighted by atomic mass is 79.9. The van der Waals surface area contributed by atoms with E-state index < -0.39 is 28.7 Å². The molecule has 0 spiro atoms. The molecule has 7 nitrogen and oxygen atoms in total. The molecule has 0 fully saturated rings. The predicted molar refractivity (Wildman–Crippen MR) is 67.3 cm³/mol. The monoisotopic (exact) mass is 359 g/mol. The van der Waals surface area contributed by atoms with Gasteiger partial charge in [-0.2, -0.15) is 0 Å². The Morgan fingerprint density at radius 2 is 2.17 bits per heavy atom. The molecular weight excluding hydrogens is 350 g/mol. The average Bonchev–Trinajstić information content (AvgIpc) is 2.69. The fourth-order valence-electron chi connectivity index (χ4n) is 0.989. The molecule has 1 aromatic heterocycles. The molecule has 0 saturated carbocycles. The molecule has 1 atom stereocenters. The highest BCUT2D eigenvalue weighted by Gasteiger charge is 2.23. The van der Waals surface area contributed by atoms with Crippen LogP contribution in [0, 0.1) is 0 Å². The summed E-state index contributed by atoms with van der Waals surface area (Å²) in [5, 5.41) is 26.4. The molecule has 0 radical (unpaired) electrons. The summed E-state index contributed by atoms with van der Waals surface area (Å²) in [6, 6.07) is 1.02. The van der Waals surface area contributed by atoms with E-state index in [-0.39, 0.29) is 20.1 Å². The molecule has 0 saturated heterocycles. The van der Waals surface area contributed by atoms with Crippen molar-refractivity contribution in [3.05, 3.63) is 14.7 Å². The standard InChI is InChI=1S/C8H10BrNO6S2/c9-7-6(1-5(17-7)8(13)14)18(15,16)10-2-4(12)3-11/h1,4,10-12H,2-3H2,(H,13,14). The van der Waals surface area contributed by atoms with Crippen molar-refractivity contribution < 1.29 is 28.5 Å². The molecule has 0 aromatic carbocycles. The second-order valence-corrected chi connectivity index (χ2v) is 7.35. The van der Waals surface area contributed by atoms with Crippen molar-refractivity contribution >= 4 is 43.3 Å². The van der Waals surface area contributed by atoms with Crippen LogP contribution in [0.3, 0.4) is 0 Å². The Labute approximate surface area is 115 Å². The summed E-state index contributed by atoms with van der Waals surface area (Å²) < 4.78 is 25.8. The van der Waals surface area contributed by atoms with E-state index in [0.717, 1.165) is 17.4 Å². The number of carboxylic acids is 1. The van der Waals surface area contributed by atoms with E-state index in [0.29, 0.717) is 0 Å². The number of sulfonamides is 1. The van der Waals surface area contributed by atoms with Gasteiger partial charge in [-0.1, -0.05) is 0 Å². The SMILES string of the molecule is O=C(O)c1cc(S(=O)(=O)NCC(O)CO)c(Br)s1. The number of hydrogen-bond donors (Lipinski definition) is 4. The van der Waals surface area contributed by atoms with Crippen LogP contribution in [0.25, 0.3) is 0 Å². The predicted octanol–water partition coefficient (Wildman–Crippen LogP) is -0.160. The number of carboxylic acid groups (broad SMARTS) is 1. The molecule has 1 heterocycles. The van der Waals surface area contributed by atoms with Crippen molar-refractivity contribution in [1.82, 2.24) is 4.72 Å². The van der Waals surface area contributed by atoms with Gasteiger partial charge in [0.1, 0.15) is 9.77 Å². The lowest BCUT2D eigenvalue weighted by molar-refractivity contribution is 0.0702. The molecule has 1 aromatic rings. The zero-order chi connectivity index (χ0) is 13.9. The maximum atomic E-state index is 11.8. The number of carbonyl (C=O) groups is 1. The summed E-state index contributed by atoms with van der Waals surface area (Å²) >= 11 is 3.74. The van der Waals surface area contributed by atoms with Gasteiger partial charge in [0.2, 0.25) is 10.0 Å². The van der Waals surface area contributed by atoms with Crippen LogP contribution < -0.4 is 4.72 Å². The van der Waals surface area contributed by atoms with Gasteiger partial charge in [0.05, 0.1) is 16.5 Å². The van der Waals surface area contributed by atoms with Gasteiger partial charge < -0.3 is 15.3 Å². The van der Waals surface area contributed by atoms with Crippen LogP contribution in [0.5, 0.6) is 0 Å². The summed E-state index contributed by atoms with van der Waals surface area (Å²) in [5.74, 6) is -1.22. The van der Waals surface area contributed by atoms with E-state index in [2.05, 4.69) is 20.7 Å². The molecule has 0 amide bonds. The van der Waals surface area contributed by atoms with Crippen molar-refractivity contribution in [2.45, 2.75) is 11.0 Å². The minimum Gasteiger partial charge on any atom is -0.477 e. The third kappa shape index (κ3) is 3.73. The summed E-state index contributed by atoms with van der Waals surface area (Å²) in [6.45, 7) is -0.933. The lowest BCUT2D eigenvalue weighted by Crippen LogP contribution is -2.33. The van der Waals surface area contributed by atoms with Crippen molar-refractivity contribution in [3.63, 3.8) is 0 Å². The van der Waals surface area contributed by atoms with Gasteiger partial charge in [-0.3, -0.25) is 0 Å². The summed E-state index contributed by atoms with van der Waals surface area (Å²) in [5.41, 5.74) is 0. The fraction of sp³-hybridized carbons (Fsp3) is 0.375. The first-order valence-electron chi connectivity index (χ1n) is 4.59. The Kier molecular flexibility index (Phi) is 5.25. The normalized spacial score (nSPS) is 13.5. The van der Waals surface area contributed by atoms with Crippen molar-refractivity contribution in [2.75, 3.05) is 13.2 Å². The summed E-state index contributed by atoms with van der Waals surface area (Å²) in [6.07, 6.45) is -1.21. The molecule has 10 heteroatoms. The van der Waals surface area contributed by atoms with Crippen molar-refractivity contribution in [1.29, 1.82) is 0 Å². The van der Waals surface area contributed by atoms with Crippen LogP contribution in [0.2, 0.25) is 0 Å². The van der Waals surface area contributed by atoms with E-state index >= 15 is 0 Å². The van der Waals surface area contributed by atoms with Gasteiger partial charge in [0.15, 0.2) is 0 Å². The molecule has 0 aliphatic rings. The van der Waals surface area contributed by atoms with Crippen LogP contribution >= 0.6 is 27.3 Å². The molecular formula is C8H10BrNO6S2. The zero-order valence-electron chi connectivity index (χ0n) is 8.83. The Bertz CT molecular complexity index is 540. The lowest BCUT2D eigenvalue weighted by atomic mass is 10.4. The van der Waals surface area contributed by atoms with Crippen LogP contribution in [-0.4, -0.2) is 49.0 Å². The van der Waals surface area contributed by atoms with E-state index in [4.69, 9.17) is 15.3 Å². The van der Waals surface area contributed by atoms with E-state index in [1.165, 1.54) is 0 Å². The summed E-state index contributed by atoms with van der Waals surface area (Å²) in [7, 11) is -3.93. The molecule has 0 aliphatic heterocycles. The average molecular weight is 360 g/mol. The Hall–Kier alpha value is -0.520. The van der Waals surface area contributed by atoms with Crippen LogP contribution in [0.1, 0.15) is 9.67 Å². The highest BCUT2D eigenvalue weighted by molar-refractivity contribution is 9.11. The Balaban J connectivity index is 2.95. The highest BCUT2D eigenvalue weighted by Crippen LogP contribution is 2.31. The molecule has 4 N–H and O–H groups in total. The molecule has 18 heavy (non-hydrogen) atoms. The van der Waals surface area contributed by atoms with Crippen molar-refractivity contribution in [3.8, 4) is 0 Å². The number of hydrogen-bond acceptors (Lipinski definition) is 6. The third-order valence-electron chi connectivity index (χ3n) is 1.88. The third-order valence-corrected chi connectivity index (χ3v) is 5.54. The van der Waals surface area contributed by atoms with Gasteiger partial charge in [-0.05, 0) is 22.0 Å². The smallest absolute Gasteiger partial charge is 0.345 e. The van der Waals surface area contributed by atoms with E-state index in [1.54, 1.807) is 0 Å². The molecule has 102 valence electrons. The molecule has 0 bridgehead atoms. The van der Waals surface area contributed by atoms with Crippen LogP contribution in [0.4, 0.5) is 0 Å². The maximum absolute atomic E-state index is 11.8. The van der Waals surface area contributed by atoms with E-state index in [9.17, 15) is 13.2 Å². The van der Waals surface area contributed by atoms with Crippen LogP contribution in [-0.2, 0) is 10.0 Å². The first-order valence-corrected chi connectivity index (χ1v) is 7.68. The lowest BCUT2D eigenvalue weighted by Gasteiger charge is -2.08. The number of aliphatic hydroxyl groups excluding tert-OH is 2. The Morgan fingerprint density at radius 1 is 1.56 bits per heavy atom. The molecule has 1 rings (SSSR count). The number of nitrogens with one attached hydrogen (secondary N) is 1. The minimum atomic E-state index is -3.93. The topological polar surface area (TPSA) is 124 Å². The first-order chi connectivity index (χ1) is 8.27. The number of thiophene rings is 1. The van der Waals surface area contributed by atoms with E-state index in [1.807, 2.05) is 0 Å². The quantitative estimate of drug-likeness (QED) is 0.559. The van der Waals surface area contributed by atoms with Crippen LogP contribution in [0.15, 0.2) is 14.7 Å². The Morgan fingerprint density at radius 3 is 2.61 bits per heavy atom. The molecule has 1 unspecified atom stereocenters. The minimum absolute atomic E-state index is 0.120. The number of rotatable bonds is 6. The fourth-order valence-corrected chi connectivity index (χ4v) is 4.46. The number of aromatic carboxylic acids is 1. The van der Waals surface area contributed by atoms with Gasteiger partial charge >= 0.3 is 5.97 Å². The first kappa shape index (κ1) is 15.5. The van der Waals surface area contributed by atoms with Gasteiger partial charge in [-0.15, -0.1) is 11.3 Å². The van der Waals surface area contributed by atoms with Crippen molar-refractivity contribution in [2.24, 2.45) is 0 Å². The number of halogens is 1. The summed E-state index contributed by atoms with van der Waals surface area (Å²) in [4.78, 5) is 10.4. The van der Waals surface area contributed by atoms with Gasteiger partial charge in [-0.25, -0.2) is 17.9 Å². The number of aliphatic hydroxyl groups is 2. The maximum Gasteiger partial charge on any atom is 0.345 e. The largest absolute Gasteiger partial charge is 0.477 e. The zero-order valence-corrected chi connectivity index (χ0v) is 12.0. The molecule has 0 aliphatic carbocycles. The van der Waals surface area contributed by atoms with Gasteiger partial charge in [0, 0.05) is 6.54 Å². The van der Waals surface area contributed by atoms with Gasteiger partial charge in [0.25, 0.3) is 0 Å². The second-order valence-electron chi connectivity index (χ2n) is 3.24.